The van der Waals surface area contributed by atoms with Crippen LogP contribution in [-0.4, -0.2) is 31.9 Å². The van der Waals surface area contributed by atoms with Gasteiger partial charge in [-0.25, -0.2) is 0 Å². The number of carbonyl (C=O) groups excluding carboxylic acids is 3. The summed E-state index contributed by atoms with van der Waals surface area (Å²) in [5.41, 5.74) is 1.51. The van der Waals surface area contributed by atoms with E-state index in [9.17, 15) is 14.4 Å². The minimum absolute atomic E-state index is 0.338. The van der Waals surface area contributed by atoms with Crippen molar-refractivity contribution in [2.45, 2.75) is 26.1 Å². The van der Waals surface area contributed by atoms with E-state index < -0.39 is 30.1 Å². The highest BCUT2D eigenvalue weighted by molar-refractivity contribution is 5.99. The van der Waals surface area contributed by atoms with Crippen LogP contribution in [0.3, 0.4) is 0 Å². The normalized spacial score (nSPS) is 13.1. The van der Waals surface area contributed by atoms with Crippen LogP contribution in [0, 0.1) is 5.92 Å². The van der Waals surface area contributed by atoms with Crippen molar-refractivity contribution in [2.75, 3.05) is 14.2 Å². The van der Waals surface area contributed by atoms with Crippen molar-refractivity contribution in [1.82, 2.24) is 0 Å². The fourth-order valence-electron chi connectivity index (χ4n) is 3.87. The number of methoxy groups -OCH3 is 2. The molecule has 0 amide bonds. The lowest BCUT2D eigenvalue weighted by atomic mass is 9.81. The molecule has 7 nitrogen and oxygen atoms in total. The Hall–Kier alpha value is -4.13. The largest absolute Gasteiger partial charge is 0.497 e. The van der Waals surface area contributed by atoms with Crippen LogP contribution in [0.1, 0.15) is 47.5 Å². The van der Waals surface area contributed by atoms with Crippen LogP contribution < -0.4 is 9.47 Å². The third-order valence-corrected chi connectivity index (χ3v) is 5.49. The first-order chi connectivity index (χ1) is 16.8. The molecule has 0 spiro atoms. The summed E-state index contributed by atoms with van der Waals surface area (Å²) in [6.45, 7) is 2.55. The van der Waals surface area contributed by atoms with Crippen molar-refractivity contribution in [3.05, 3.63) is 95.6 Å². The van der Waals surface area contributed by atoms with Crippen molar-refractivity contribution in [3.8, 4) is 11.5 Å². The summed E-state index contributed by atoms with van der Waals surface area (Å²) < 4.78 is 21.9. The molecule has 0 aliphatic carbocycles. The van der Waals surface area contributed by atoms with Gasteiger partial charge in [-0.3, -0.25) is 14.4 Å². The molecule has 35 heavy (non-hydrogen) atoms. The molecular formula is C28H28O7. The van der Waals surface area contributed by atoms with E-state index in [2.05, 4.69) is 0 Å². The Kier molecular flexibility index (Phi) is 8.62. The zero-order valence-electron chi connectivity index (χ0n) is 20.1. The number of hydrogen-bond donors (Lipinski definition) is 0. The third kappa shape index (κ3) is 6.47. The highest BCUT2D eigenvalue weighted by atomic mass is 16.6. The zero-order chi connectivity index (χ0) is 25.4. The van der Waals surface area contributed by atoms with Crippen molar-refractivity contribution in [2.24, 2.45) is 5.92 Å². The standard InChI is InChI=1S/C28H28O7/c1-18(29)34-27(21-10-14-23(32-3)15-11-21)25(26(31)20-8-6-5-7-9-20)28(35-19(2)30)22-12-16-24(33-4)17-13-22/h5-17,25,27-28H,1-4H3/t25?,27-,28+. The van der Waals surface area contributed by atoms with Gasteiger partial charge in [0.15, 0.2) is 5.78 Å². The van der Waals surface area contributed by atoms with Gasteiger partial charge in [0.2, 0.25) is 0 Å². The Morgan fingerprint density at radius 3 is 1.34 bits per heavy atom. The molecule has 0 fully saturated rings. The SMILES string of the molecule is COc1ccc([C@@H](OC(C)=O)C(C(=O)c2ccccc2)[C@@H](OC(C)=O)c2ccc(OC)cc2)cc1. The van der Waals surface area contributed by atoms with Crippen LogP contribution in [0.2, 0.25) is 0 Å². The van der Waals surface area contributed by atoms with Crippen LogP contribution in [0.15, 0.2) is 78.9 Å². The monoisotopic (exact) mass is 476 g/mol. The van der Waals surface area contributed by atoms with Gasteiger partial charge in [0.25, 0.3) is 0 Å². The molecule has 3 aromatic carbocycles. The lowest BCUT2D eigenvalue weighted by molar-refractivity contribution is -0.157. The number of Topliss-reactive ketones (excluding diaryl/α,β-unsaturated/α-hetero) is 1. The smallest absolute Gasteiger partial charge is 0.303 e. The van der Waals surface area contributed by atoms with Crippen LogP contribution in [-0.2, 0) is 19.1 Å². The van der Waals surface area contributed by atoms with E-state index in [-0.39, 0.29) is 5.78 Å². The highest BCUT2D eigenvalue weighted by Crippen LogP contribution is 2.41. The number of carbonyl (C=O) groups is 3. The summed E-state index contributed by atoms with van der Waals surface area (Å²) in [4.78, 5) is 38.3. The lowest BCUT2D eigenvalue weighted by Gasteiger charge is -2.32. The number of hydrogen-bond acceptors (Lipinski definition) is 7. The second-order valence-corrected chi connectivity index (χ2v) is 7.86. The summed E-state index contributed by atoms with van der Waals surface area (Å²) in [6, 6.07) is 22.4. The van der Waals surface area contributed by atoms with E-state index in [0.717, 1.165) is 0 Å². The Balaban J connectivity index is 2.20. The first-order valence-corrected chi connectivity index (χ1v) is 11.1. The fourth-order valence-corrected chi connectivity index (χ4v) is 3.87. The van der Waals surface area contributed by atoms with Crippen molar-refractivity contribution >= 4 is 17.7 Å². The van der Waals surface area contributed by atoms with Gasteiger partial charge < -0.3 is 18.9 Å². The van der Waals surface area contributed by atoms with Crippen LogP contribution in [0.25, 0.3) is 0 Å². The number of ether oxygens (including phenoxy) is 4. The Bertz CT molecular complexity index is 1070. The third-order valence-electron chi connectivity index (χ3n) is 5.49. The molecule has 0 saturated carbocycles. The van der Waals surface area contributed by atoms with Gasteiger partial charge in [0, 0.05) is 19.4 Å². The van der Waals surface area contributed by atoms with Gasteiger partial charge in [0.1, 0.15) is 29.6 Å². The molecule has 3 rings (SSSR count). The molecule has 0 aliphatic rings. The van der Waals surface area contributed by atoms with Crippen molar-refractivity contribution in [3.63, 3.8) is 0 Å². The molecule has 0 bridgehead atoms. The first kappa shape index (κ1) is 25.5. The maximum absolute atomic E-state index is 14.0. The van der Waals surface area contributed by atoms with Crippen molar-refractivity contribution in [1.29, 1.82) is 0 Å². The van der Waals surface area contributed by atoms with Crippen LogP contribution in [0.4, 0.5) is 0 Å². The summed E-state index contributed by atoms with van der Waals surface area (Å²) in [6.07, 6.45) is -2.09. The predicted molar refractivity (Wildman–Crippen MR) is 129 cm³/mol. The van der Waals surface area contributed by atoms with Gasteiger partial charge in [-0.05, 0) is 35.4 Å². The highest BCUT2D eigenvalue weighted by Gasteiger charge is 2.42. The number of rotatable bonds is 10. The quantitative estimate of drug-likeness (QED) is 0.297. The van der Waals surface area contributed by atoms with Gasteiger partial charge in [-0.2, -0.15) is 0 Å². The average molecular weight is 477 g/mol. The zero-order valence-corrected chi connectivity index (χ0v) is 20.1. The molecule has 0 N–H and O–H groups in total. The lowest BCUT2D eigenvalue weighted by Crippen LogP contribution is -2.33. The van der Waals surface area contributed by atoms with E-state index in [4.69, 9.17) is 18.9 Å². The van der Waals surface area contributed by atoms with E-state index in [1.807, 2.05) is 0 Å². The van der Waals surface area contributed by atoms with Gasteiger partial charge in [-0.1, -0.05) is 54.6 Å². The van der Waals surface area contributed by atoms with Crippen LogP contribution in [0.5, 0.6) is 11.5 Å². The van der Waals surface area contributed by atoms with Gasteiger partial charge >= 0.3 is 11.9 Å². The predicted octanol–water partition coefficient (Wildman–Crippen LogP) is 5.11. The number of benzene rings is 3. The summed E-state index contributed by atoms with van der Waals surface area (Å²) in [5.74, 6) is -1.36. The molecule has 0 saturated heterocycles. The number of esters is 2. The molecule has 0 radical (unpaired) electrons. The van der Waals surface area contributed by atoms with Gasteiger partial charge in [0.05, 0.1) is 14.2 Å². The van der Waals surface area contributed by atoms with Gasteiger partial charge in [-0.15, -0.1) is 0 Å². The van der Waals surface area contributed by atoms with E-state index >= 15 is 0 Å². The first-order valence-electron chi connectivity index (χ1n) is 11.1. The van der Waals surface area contributed by atoms with Crippen LogP contribution >= 0.6 is 0 Å². The molecular weight excluding hydrogens is 448 g/mol. The minimum atomic E-state index is -1.08. The molecule has 7 heteroatoms. The summed E-state index contributed by atoms with van der Waals surface area (Å²) in [5, 5.41) is 0. The fraction of sp³-hybridized carbons (Fsp3) is 0.250. The van der Waals surface area contributed by atoms with E-state index in [1.165, 1.54) is 13.8 Å². The number of ketones is 1. The summed E-state index contributed by atoms with van der Waals surface area (Å²) in [7, 11) is 3.08. The minimum Gasteiger partial charge on any atom is -0.497 e. The Morgan fingerprint density at radius 1 is 0.600 bits per heavy atom. The topological polar surface area (TPSA) is 88.1 Å². The molecule has 0 aromatic heterocycles. The molecule has 1 unspecified atom stereocenters. The molecule has 0 heterocycles. The molecule has 3 aromatic rings. The van der Waals surface area contributed by atoms with E-state index in [0.29, 0.717) is 28.2 Å². The Morgan fingerprint density at radius 2 is 1.00 bits per heavy atom. The Labute approximate surface area is 204 Å². The molecule has 0 aliphatic heterocycles. The second-order valence-electron chi connectivity index (χ2n) is 7.86. The second kappa shape index (κ2) is 11.8. The maximum atomic E-state index is 14.0. The van der Waals surface area contributed by atoms with Crippen molar-refractivity contribution < 1.29 is 33.3 Å². The average Bonchev–Trinajstić information content (AvgIpc) is 2.87. The molecule has 3 atom stereocenters. The maximum Gasteiger partial charge on any atom is 0.303 e. The summed E-state index contributed by atoms with van der Waals surface area (Å²) >= 11 is 0. The molecule has 182 valence electrons. The van der Waals surface area contributed by atoms with E-state index in [1.54, 1.807) is 93.1 Å².